The minimum Gasteiger partial charge on any atom is -0.368 e. The van der Waals surface area contributed by atoms with E-state index in [1.54, 1.807) is 6.07 Å². The average molecular weight is 407 g/mol. The van der Waals surface area contributed by atoms with Gasteiger partial charge in [0.25, 0.3) is 5.56 Å². The molecular weight excluding hydrogens is 379 g/mol. The van der Waals surface area contributed by atoms with E-state index < -0.39 is 0 Å². The van der Waals surface area contributed by atoms with Gasteiger partial charge in [0, 0.05) is 30.9 Å². The fourth-order valence-corrected chi connectivity index (χ4v) is 4.08. The van der Waals surface area contributed by atoms with Gasteiger partial charge in [0.1, 0.15) is 5.82 Å². The molecule has 0 bridgehead atoms. The number of likely N-dealkylation sites (N-methyl/N-ethyl adjacent to an activating group) is 1. The monoisotopic (exact) mass is 406 g/mol. The first-order valence-electron chi connectivity index (χ1n) is 10.3. The van der Waals surface area contributed by atoms with Crippen molar-refractivity contribution in [3.8, 4) is 11.3 Å². The van der Waals surface area contributed by atoms with Crippen molar-refractivity contribution >= 4 is 17.1 Å². The van der Waals surface area contributed by atoms with Crippen LogP contribution in [0.5, 0.6) is 0 Å². The second-order valence-electron chi connectivity index (χ2n) is 8.00. The van der Waals surface area contributed by atoms with Gasteiger partial charge in [-0.15, -0.1) is 0 Å². The molecule has 1 aromatic carbocycles. The summed E-state index contributed by atoms with van der Waals surface area (Å²) >= 11 is 0. The van der Waals surface area contributed by atoms with E-state index in [0.717, 1.165) is 49.4 Å². The van der Waals surface area contributed by atoms with Crippen molar-refractivity contribution < 1.29 is 4.39 Å². The Morgan fingerprint density at radius 1 is 1.10 bits per heavy atom. The van der Waals surface area contributed by atoms with E-state index in [1.807, 2.05) is 50.2 Å². The van der Waals surface area contributed by atoms with E-state index in [2.05, 4.69) is 21.8 Å². The van der Waals surface area contributed by atoms with Crippen molar-refractivity contribution in [2.75, 3.05) is 38.1 Å². The summed E-state index contributed by atoms with van der Waals surface area (Å²) in [5.74, 6) is -0.225. The molecule has 1 N–H and O–H groups in total. The fraction of sp³-hybridized carbons (Fsp3) is 0.333. The predicted octanol–water partition coefficient (Wildman–Crippen LogP) is 4.21. The Hall–Kier alpha value is -2.99. The zero-order valence-electron chi connectivity index (χ0n) is 17.7. The Morgan fingerprint density at radius 2 is 1.90 bits per heavy atom. The van der Waals surface area contributed by atoms with Crippen molar-refractivity contribution in [2.45, 2.75) is 20.3 Å². The van der Waals surface area contributed by atoms with Gasteiger partial charge in [0.15, 0.2) is 0 Å². The van der Waals surface area contributed by atoms with Crippen molar-refractivity contribution in [3.05, 3.63) is 69.8 Å². The molecule has 0 amide bonds. The van der Waals surface area contributed by atoms with Crippen LogP contribution in [0.25, 0.3) is 11.3 Å². The molecule has 2 heterocycles. The highest BCUT2D eigenvalue weighted by Crippen LogP contribution is 2.31. The van der Waals surface area contributed by atoms with Crippen molar-refractivity contribution in [1.82, 2.24) is 9.88 Å². The quantitative estimate of drug-likeness (QED) is 0.663. The molecule has 4 rings (SSSR count). The third kappa shape index (κ3) is 4.00. The Kier molecular flexibility index (Phi) is 5.68. The number of hydrogen-bond acceptors (Lipinski definition) is 4. The first-order chi connectivity index (χ1) is 14.4. The largest absolute Gasteiger partial charge is 0.368 e. The van der Waals surface area contributed by atoms with Gasteiger partial charge in [0.05, 0.1) is 22.6 Å². The number of nitrogens with one attached hydrogen (secondary N) is 1. The van der Waals surface area contributed by atoms with Crippen LogP contribution in [0, 0.1) is 12.7 Å². The second kappa shape index (κ2) is 8.40. The van der Waals surface area contributed by atoms with Gasteiger partial charge in [-0.3, -0.25) is 9.79 Å². The maximum atomic E-state index is 14.8. The number of hydrogen-bond donors (Lipinski definition) is 1. The van der Waals surface area contributed by atoms with E-state index in [1.165, 1.54) is 0 Å². The summed E-state index contributed by atoms with van der Waals surface area (Å²) in [6.07, 6.45) is 0.993. The summed E-state index contributed by atoms with van der Waals surface area (Å²) in [7, 11) is 2.09. The molecule has 30 heavy (non-hydrogen) atoms. The summed E-state index contributed by atoms with van der Waals surface area (Å²) in [6, 6.07) is 12.9. The molecular formula is C24H27FN4O. The number of halogens is 1. The molecule has 2 aliphatic heterocycles. The fourth-order valence-electron chi connectivity index (χ4n) is 4.08. The van der Waals surface area contributed by atoms with Crippen molar-refractivity contribution in [3.63, 3.8) is 0 Å². The third-order valence-electron chi connectivity index (χ3n) is 5.76. The SMILES string of the molecule is CC(=Nc1cc(N2CCCN(C)CC2)c(F)cc1C)c1c2cccccc-2[nH]c1=O. The number of aliphatic imine (C=N–C) groups is 1. The van der Waals surface area contributed by atoms with Crippen LogP contribution in [-0.4, -0.2) is 48.8 Å². The zero-order chi connectivity index (χ0) is 21.3. The van der Waals surface area contributed by atoms with Crippen LogP contribution >= 0.6 is 0 Å². The van der Waals surface area contributed by atoms with Gasteiger partial charge in [-0.1, -0.05) is 24.3 Å². The highest BCUT2D eigenvalue weighted by atomic mass is 19.1. The predicted molar refractivity (Wildman–Crippen MR) is 121 cm³/mol. The standard InChI is InChI=1S/C24H27FN4O/c1-16-14-19(25)22(29-11-7-10-28(3)12-13-29)15-21(16)26-17(2)23-18-8-5-4-6-9-20(18)27-24(23)30/h4-6,8-9,14-15H,7,10-13H2,1-3H3,(H,27,30). The summed E-state index contributed by atoms with van der Waals surface area (Å²) in [5, 5.41) is 0. The lowest BCUT2D eigenvalue weighted by Gasteiger charge is -2.24. The van der Waals surface area contributed by atoms with E-state index in [0.29, 0.717) is 22.6 Å². The number of fused-ring (bicyclic) bond motifs is 1. The third-order valence-corrected chi connectivity index (χ3v) is 5.76. The highest BCUT2D eigenvalue weighted by molar-refractivity contribution is 6.05. The molecule has 0 aromatic heterocycles. The minimum absolute atomic E-state index is 0.159. The minimum atomic E-state index is -0.225. The van der Waals surface area contributed by atoms with Gasteiger partial charge in [-0.2, -0.15) is 0 Å². The molecule has 3 aliphatic rings. The van der Waals surface area contributed by atoms with Crippen LogP contribution in [0.4, 0.5) is 15.8 Å². The van der Waals surface area contributed by atoms with E-state index in [-0.39, 0.29) is 11.4 Å². The Balaban J connectivity index is 1.74. The lowest BCUT2D eigenvalue weighted by atomic mass is 10.1. The maximum Gasteiger partial charge on any atom is 0.258 e. The molecule has 5 nitrogen and oxygen atoms in total. The molecule has 1 aliphatic carbocycles. The summed E-state index contributed by atoms with van der Waals surface area (Å²) < 4.78 is 14.8. The molecule has 1 aromatic rings. The number of H-pyrrole nitrogens is 1. The zero-order valence-corrected chi connectivity index (χ0v) is 17.7. The topological polar surface area (TPSA) is 51.7 Å². The van der Waals surface area contributed by atoms with Crippen LogP contribution in [0.3, 0.4) is 0 Å². The molecule has 1 saturated heterocycles. The average Bonchev–Trinajstić information content (AvgIpc) is 2.87. The highest BCUT2D eigenvalue weighted by Gasteiger charge is 2.19. The summed E-state index contributed by atoms with van der Waals surface area (Å²) in [5.41, 5.74) is 4.65. The lowest BCUT2D eigenvalue weighted by molar-refractivity contribution is 0.360. The van der Waals surface area contributed by atoms with Crippen LogP contribution in [0.15, 0.2) is 52.3 Å². The van der Waals surface area contributed by atoms with E-state index in [4.69, 9.17) is 4.99 Å². The van der Waals surface area contributed by atoms with Gasteiger partial charge in [-0.05, 0) is 57.6 Å². The van der Waals surface area contributed by atoms with Crippen LogP contribution in [0.2, 0.25) is 0 Å². The van der Waals surface area contributed by atoms with Gasteiger partial charge < -0.3 is 14.8 Å². The van der Waals surface area contributed by atoms with E-state index in [9.17, 15) is 9.18 Å². The molecule has 0 saturated carbocycles. The molecule has 0 spiro atoms. The molecule has 0 atom stereocenters. The second-order valence-corrected chi connectivity index (χ2v) is 8.00. The van der Waals surface area contributed by atoms with E-state index >= 15 is 0 Å². The Labute approximate surface area is 176 Å². The Morgan fingerprint density at radius 3 is 2.73 bits per heavy atom. The number of rotatable bonds is 3. The van der Waals surface area contributed by atoms with Crippen molar-refractivity contribution in [1.29, 1.82) is 0 Å². The summed E-state index contributed by atoms with van der Waals surface area (Å²) in [4.78, 5) is 24.6. The molecule has 1 fully saturated rings. The first-order valence-corrected chi connectivity index (χ1v) is 10.3. The normalized spacial score (nSPS) is 16.1. The Bertz CT molecular complexity index is 1120. The number of anilines is 1. The maximum absolute atomic E-state index is 14.8. The smallest absolute Gasteiger partial charge is 0.258 e. The number of benzene rings is 1. The molecule has 156 valence electrons. The van der Waals surface area contributed by atoms with Crippen LogP contribution in [-0.2, 0) is 0 Å². The number of aryl methyl sites for hydroxylation is 1. The van der Waals surface area contributed by atoms with Crippen LogP contribution in [0.1, 0.15) is 24.5 Å². The van der Waals surface area contributed by atoms with Crippen molar-refractivity contribution in [2.24, 2.45) is 4.99 Å². The number of aromatic nitrogens is 1. The van der Waals surface area contributed by atoms with Gasteiger partial charge >= 0.3 is 0 Å². The van der Waals surface area contributed by atoms with Gasteiger partial charge in [-0.25, -0.2) is 4.39 Å². The number of aromatic amines is 1. The molecule has 0 radical (unpaired) electrons. The first kappa shape index (κ1) is 20.3. The lowest BCUT2D eigenvalue weighted by Crippen LogP contribution is -2.29. The number of nitrogens with zero attached hydrogens (tertiary/aromatic N) is 3. The van der Waals surface area contributed by atoms with Gasteiger partial charge in [0.2, 0.25) is 0 Å². The van der Waals surface area contributed by atoms with Crippen LogP contribution < -0.4 is 10.5 Å². The molecule has 0 unspecified atom stereocenters. The molecule has 6 heteroatoms. The summed E-state index contributed by atoms with van der Waals surface area (Å²) in [6.45, 7) is 7.19.